The highest BCUT2D eigenvalue weighted by atomic mass is 32.2. The van der Waals surface area contributed by atoms with E-state index in [-0.39, 0.29) is 0 Å². The smallest absolute Gasteiger partial charge is 0.189 e. The molecule has 5 nitrogen and oxygen atoms in total. The Balaban J connectivity index is 2.20. The topological polar surface area (TPSA) is 66.5 Å². The van der Waals surface area contributed by atoms with Crippen LogP contribution in [0.3, 0.4) is 0 Å². The van der Waals surface area contributed by atoms with Crippen molar-refractivity contribution in [2.24, 2.45) is 0 Å². The Kier molecular flexibility index (Phi) is 3.31. The van der Waals surface area contributed by atoms with Gasteiger partial charge < -0.3 is 5.32 Å². The lowest BCUT2D eigenvalue weighted by atomic mass is 10.3. The number of aromatic amines is 1. The molecule has 0 unspecified atom stereocenters. The van der Waals surface area contributed by atoms with Crippen LogP contribution < -0.4 is 5.32 Å². The number of nitrogens with one attached hydrogen (secondary N) is 2. The molecule has 0 spiro atoms. The van der Waals surface area contributed by atoms with E-state index in [0.717, 1.165) is 22.3 Å². The Morgan fingerprint density at radius 2 is 2.40 bits per heavy atom. The molecule has 78 valence electrons. The standard InChI is InChI=1S/C9H11N5S/c1-10-5-7-3-2-4-11-8(7)15-9-12-6-13-14-9/h2-4,6,10H,5H2,1H3,(H,12,13,14). The van der Waals surface area contributed by atoms with Gasteiger partial charge in [0.15, 0.2) is 5.16 Å². The van der Waals surface area contributed by atoms with Crippen LogP contribution in [0.15, 0.2) is 34.8 Å². The van der Waals surface area contributed by atoms with Crippen LogP contribution in [0.5, 0.6) is 0 Å². The van der Waals surface area contributed by atoms with Crippen molar-refractivity contribution in [3.8, 4) is 0 Å². The zero-order chi connectivity index (χ0) is 10.5. The molecular weight excluding hydrogens is 210 g/mol. The third-order valence-electron chi connectivity index (χ3n) is 1.80. The predicted molar refractivity (Wildman–Crippen MR) is 57.5 cm³/mol. The van der Waals surface area contributed by atoms with E-state index in [1.165, 1.54) is 18.1 Å². The monoisotopic (exact) mass is 221 g/mol. The van der Waals surface area contributed by atoms with Crippen molar-refractivity contribution in [1.29, 1.82) is 0 Å². The zero-order valence-corrected chi connectivity index (χ0v) is 9.08. The van der Waals surface area contributed by atoms with Gasteiger partial charge in [0, 0.05) is 12.7 Å². The van der Waals surface area contributed by atoms with Crippen molar-refractivity contribution in [3.63, 3.8) is 0 Å². The fourth-order valence-electron chi connectivity index (χ4n) is 1.18. The fourth-order valence-corrected chi connectivity index (χ4v) is 1.94. The van der Waals surface area contributed by atoms with Crippen LogP contribution in [0.4, 0.5) is 0 Å². The second kappa shape index (κ2) is 4.90. The minimum atomic E-state index is 0.756. The summed E-state index contributed by atoms with van der Waals surface area (Å²) in [6.07, 6.45) is 3.26. The molecule has 2 aromatic rings. The van der Waals surface area contributed by atoms with Crippen LogP contribution >= 0.6 is 11.8 Å². The number of pyridine rings is 1. The normalized spacial score (nSPS) is 10.5. The minimum absolute atomic E-state index is 0.756. The molecule has 2 heterocycles. The molecule has 6 heteroatoms. The van der Waals surface area contributed by atoms with E-state index < -0.39 is 0 Å². The maximum absolute atomic E-state index is 4.31. The summed E-state index contributed by atoms with van der Waals surface area (Å²) in [5.41, 5.74) is 1.15. The Hall–Kier alpha value is -1.40. The summed E-state index contributed by atoms with van der Waals surface area (Å²) in [6, 6.07) is 3.97. The molecule has 2 rings (SSSR count). The first-order valence-corrected chi connectivity index (χ1v) is 5.33. The molecule has 0 radical (unpaired) electrons. The van der Waals surface area contributed by atoms with Crippen LogP contribution in [0.25, 0.3) is 0 Å². The third kappa shape index (κ3) is 2.54. The molecule has 2 aromatic heterocycles. The van der Waals surface area contributed by atoms with E-state index in [1.54, 1.807) is 6.20 Å². The van der Waals surface area contributed by atoms with Crippen molar-refractivity contribution < 1.29 is 0 Å². The lowest BCUT2D eigenvalue weighted by Gasteiger charge is -2.04. The molecule has 0 aromatic carbocycles. The van der Waals surface area contributed by atoms with Gasteiger partial charge in [-0.15, -0.1) is 0 Å². The Bertz CT molecular complexity index is 414. The van der Waals surface area contributed by atoms with Crippen molar-refractivity contribution in [2.75, 3.05) is 7.05 Å². The van der Waals surface area contributed by atoms with E-state index in [1.807, 2.05) is 19.2 Å². The number of hydrogen-bond donors (Lipinski definition) is 2. The van der Waals surface area contributed by atoms with Gasteiger partial charge in [-0.2, -0.15) is 5.10 Å². The second-order valence-corrected chi connectivity index (χ2v) is 3.87. The highest BCUT2D eigenvalue weighted by Gasteiger charge is 2.06. The number of H-pyrrole nitrogens is 1. The van der Waals surface area contributed by atoms with Gasteiger partial charge in [0.2, 0.25) is 0 Å². The number of rotatable bonds is 4. The van der Waals surface area contributed by atoms with Gasteiger partial charge in [0.25, 0.3) is 0 Å². The van der Waals surface area contributed by atoms with E-state index in [4.69, 9.17) is 0 Å². The first kappa shape index (κ1) is 10.1. The average Bonchev–Trinajstić information content (AvgIpc) is 2.74. The summed E-state index contributed by atoms with van der Waals surface area (Å²) in [5.74, 6) is 0. The summed E-state index contributed by atoms with van der Waals surface area (Å²) in [5, 5.41) is 11.4. The summed E-state index contributed by atoms with van der Waals surface area (Å²) < 4.78 is 0. The van der Waals surface area contributed by atoms with E-state index in [2.05, 4.69) is 25.5 Å². The highest BCUT2D eigenvalue weighted by Crippen LogP contribution is 2.24. The maximum atomic E-state index is 4.31. The molecule has 0 fully saturated rings. The SMILES string of the molecule is CNCc1cccnc1Sc1ncn[nH]1. The Morgan fingerprint density at radius 1 is 1.47 bits per heavy atom. The van der Waals surface area contributed by atoms with Crippen molar-refractivity contribution in [1.82, 2.24) is 25.5 Å². The largest absolute Gasteiger partial charge is 0.316 e. The van der Waals surface area contributed by atoms with E-state index in [9.17, 15) is 0 Å². The highest BCUT2D eigenvalue weighted by molar-refractivity contribution is 7.99. The fraction of sp³-hybridized carbons (Fsp3) is 0.222. The first-order valence-electron chi connectivity index (χ1n) is 4.52. The van der Waals surface area contributed by atoms with Crippen molar-refractivity contribution in [3.05, 3.63) is 30.2 Å². The molecule has 0 aliphatic rings. The molecule has 15 heavy (non-hydrogen) atoms. The predicted octanol–water partition coefficient (Wildman–Crippen LogP) is 1.07. The third-order valence-corrected chi connectivity index (χ3v) is 2.75. The van der Waals surface area contributed by atoms with Crippen LogP contribution in [-0.4, -0.2) is 27.2 Å². The zero-order valence-electron chi connectivity index (χ0n) is 8.27. The summed E-state index contributed by atoms with van der Waals surface area (Å²) >= 11 is 1.48. The summed E-state index contributed by atoms with van der Waals surface area (Å²) in [4.78, 5) is 8.36. The van der Waals surface area contributed by atoms with Gasteiger partial charge in [0.1, 0.15) is 11.4 Å². The molecule has 0 atom stereocenters. The van der Waals surface area contributed by atoms with Gasteiger partial charge in [-0.1, -0.05) is 6.07 Å². The maximum Gasteiger partial charge on any atom is 0.189 e. The van der Waals surface area contributed by atoms with E-state index >= 15 is 0 Å². The molecule has 2 N–H and O–H groups in total. The average molecular weight is 221 g/mol. The molecule has 0 saturated carbocycles. The van der Waals surface area contributed by atoms with Crippen LogP contribution in [-0.2, 0) is 6.54 Å². The molecule has 0 bridgehead atoms. The van der Waals surface area contributed by atoms with Gasteiger partial charge in [-0.05, 0) is 30.4 Å². The molecule has 0 aliphatic carbocycles. The lowest BCUT2D eigenvalue weighted by Crippen LogP contribution is -2.06. The van der Waals surface area contributed by atoms with Crippen molar-refractivity contribution in [2.45, 2.75) is 16.7 Å². The van der Waals surface area contributed by atoms with Gasteiger partial charge in [0.05, 0.1) is 0 Å². The number of nitrogens with zero attached hydrogens (tertiary/aromatic N) is 3. The Labute approximate surface area is 91.7 Å². The van der Waals surface area contributed by atoms with Gasteiger partial charge >= 0.3 is 0 Å². The number of hydrogen-bond acceptors (Lipinski definition) is 5. The molecule has 0 aliphatic heterocycles. The minimum Gasteiger partial charge on any atom is -0.316 e. The van der Waals surface area contributed by atoms with Gasteiger partial charge in [-0.25, -0.2) is 9.97 Å². The number of aromatic nitrogens is 4. The molecular formula is C9H11N5S. The van der Waals surface area contributed by atoms with Crippen LogP contribution in [0.2, 0.25) is 0 Å². The summed E-state index contributed by atoms with van der Waals surface area (Å²) in [6.45, 7) is 0.796. The molecule has 0 saturated heterocycles. The first-order chi connectivity index (χ1) is 7.40. The van der Waals surface area contributed by atoms with Crippen molar-refractivity contribution >= 4 is 11.8 Å². The lowest BCUT2D eigenvalue weighted by molar-refractivity contribution is 0.788. The Morgan fingerprint density at radius 3 is 3.13 bits per heavy atom. The summed E-state index contributed by atoms with van der Waals surface area (Å²) in [7, 11) is 1.91. The second-order valence-electron chi connectivity index (χ2n) is 2.89. The van der Waals surface area contributed by atoms with Crippen LogP contribution in [0, 0.1) is 0 Å². The quantitative estimate of drug-likeness (QED) is 0.808. The molecule has 0 amide bonds. The van der Waals surface area contributed by atoms with Gasteiger partial charge in [-0.3, -0.25) is 5.10 Å². The van der Waals surface area contributed by atoms with Crippen LogP contribution in [0.1, 0.15) is 5.56 Å². The van der Waals surface area contributed by atoms with E-state index in [0.29, 0.717) is 0 Å².